The average molecular weight is 457 g/mol. The van der Waals surface area contributed by atoms with E-state index in [2.05, 4.69) is 22.5 Å². The zero-order valence-corrected chi connectivity index (χ0v) is 19.5. The maximum atomic E-state index is 13.2. The lowest BCUT2D eigenvalue weighted by atomic mass is 9.93. The fourth-order valence-corrected chi connectivity index (χ4v) is 4.60. The number of amides is 2. The van der Waals surface area contributed by atoms with Gasteiger partial charge in [0.2, 0.25) is 0 Å². The lowest BCUT2D eigenvalue weighted by Gasteiger charge is -2.34. The molecule has 0 radical (unpaired) electrons. The number of carbonyl (C=O) groups excluding carboxylic acids is 2. The molecule has 0 spiro atoms. The summed E-state index contributed by atoms with van der Waals surface area (Å²) in [5.74, 6) is 0.764. The van der Waals surface area contributed by atoms with E-state index < -0.39 is 0 Å². The van der Waals surface area contributed by atoms with Crippen LogP contribution in [0.4, 0.5) is 0 Å². The SMILES string of the molecule is Cc1c(C(=O)N(C)C2CCN(C)CC2)oc2c1/C(=N/NC(=O)c1ccc(Cl)cc1)CCC2. The summed E-state index contributed by atoms with van der Waals surface area (Å²) in [5, 5.41) is 4.96. The molecule has 1 aromatic heterocycles. The van der Waals surface area contributed by atoms with Crippen LogP contribution >= 0.6 is 11.6 Å². The lowest BCUT2D eigenvalue weighted by Crippen LogP contribution is -2.44. The molecule has 8 heteroatoms. The molecule has 170 valence electrons. The Labute approximate surface area is 193 Å². The van der Waals surface area contributed by atoms with Crippen LogP contribution in [0.3, 0.4) is 0 Å². The quantitative estimate of drug-likeness (QED) is 0.708. The van der Waals surface area contributed by atoms with E-state index in [1.807, 2.05) is 18.9 Å². The van der Waals surface area contributed by atoms with Crippen LogP contribution in [0.5, 0.6) is 0 Å². The molecule has 1 fully saturated rings. The fraction of sp³-hybridized carbons (Fsp3) is 0.458. The Kier molecular flexibility index (Phi) is 6.67. The van der Waals surface area contributed by atoms with Crippen LogP contribution in [0.1, 0.15) is 63.5 Å². The molecule has 2 aromatic rings. The Morgan fingerprint density at radius 3 is 2.56 bits per heavy atom. The number of likely N-dealkylation sites (tertiary alicyclic amines) is 1. The van der Waals surface area contributed by atoms with Gasteiger partial charge in [-0.15, -0.1) is 0 Å². The number of fused-ring (bicyclic) bond motifs is 1. The number of carbonyl (C=O) groups is 2. The molecule has 2 amide bonds. The molecule has 0 atom stereocenters. The smallest absolute Gasteiger partial charge is 0.289 e. The summed E-state index contributed by atoms with van der Waals surface area (Å²) in [7, 11) is 3.97. The van der Waals surface area contributed by atoms with Crippen molar-refractivity contribution in [3.05, 3.63) is 57.5 Å². The minimum absolute atomic E-state index is 0.0870. The summed E-state index contributed by atoms with van der Waals surface area (Å²) in [4.78, 5) is 29.8. The number of piperidine rings is 1. The van der Waals surface area contributed by atoms with Gasteiger partial charge in [0, 0.05) is 41.2 Å². The van der Waals surface area contributed by atoms with E-state index in [1.165, 1.54) is 0 Å². The van der Waals surface area contributed by atoms with Crippen LogP contribution < -0.4 is 5.43 Å². The summed E-state index contributed by atoms with van der Waals surface area (Å²) in [6.45, 7) is 3.88. The van der Waals surface area contributed by atoms with Crippen LogP contribution in [0, 0.1) is 6.92 Å². The highest BCUT2D eigenvalue weighted by Crippen LogP contribution is 2.31. The van der Waals surface area contributed by atoms with Crippen LogP contribution in [0.15, 0.2) is 33.8 Å². The van der Waals surface area contributed by atoms with Crippen LogP contribution in [0.2, 0.25) is 5.02 Å². The highest BCUT2D eigenvalue weighted by molar-refractivity contribution is 6.30. The molecule has 4 rings (SSSR count). The first kappa shape index (κ1) is 22.6. The third kappa shape index (κ3) is 4.59. The highest BCUT2D eigenvalue weighted by Gasteiger charge is 2.32. The number of benzene rings is 1. The van der Waals surface area contributed by atoms with E-state index in [-0.39, 0.29) is 17.9 Å². The van der Waals surface area contributed by atoms with Crippen LogP contribution in [0.25, 0.3) is 0 Å². The summed E-state index contributed by atoms with van der Waals surface area (Å²) in [5.41, 5.74) is 5.51. The van der Waals surface area contributed by atoms with E-state index in [0.29, 0.717) is 22.8 Å². The van der Waals surface area contributed by atoms with Gasteiger partial charge in [-0.2, -0.15) is 5.10 Å². The van der Waals surface area contributed by atoms with E-state index in [4.69, 9.17) is 16.0 Å². The van der Waals surface area contributed by atoms with Gasteiger partial charge < -0.3 is 14.2 Å². The third-order valence-electron chi connectivity index (χ3n) is 6.47. The van der Waals surface area contributed by atoms with E-state index in [1.54, 1.807) is 24.3 Å². The van der Waals surface area contributed by atoms with Crippen molar-refractivity contribution in [1.29, 1.82) is 0 Å². The summed E-state index contributed by atoms with van der Waals surface area (Å²) in [6.07, 6.45) is 4.25. The number of hydrazone groups is 1. The van der Waals surface area contributed by atoms with Gasteiger partial charge in [-0.3, -0.25) is 9.59 Å². The van der Waals surface area contributed by atoms with Gasteiger partial charge in [0.15, 0.2) is 5.76 Å². The van der Waals surface area contributed by atoms with Gasteiger partial charge in [-0.05, 0) is 77.0 Å². The molecule has 0 unspecified atom stereocenters. The number of aryl methyl sites for hydroxylation is 1. The number of furan rings is 1. The molecule has 1 saturated heterocycles. The zero-order valence-electron chi connectivity index (χ0n) is 18.8. The molecule has 32 heavy (non-hydrogen) atoms. The topological polar surface area (TPSA) is 78.2 Å². The Bertz CT molecular complexity index is 1040. The third-order valence-corrected chi connectivity index (χ3v) is 6.73. The van der Waals surface area contributed by atoms with Crippen molar-refractivity contribution in [1.82, 2.24) is 15.2 Å². The molecule has 0 bridgehead atoms. The Morgan fingerprint density at radius 1 is 1.19 bits per heavy atom. The van der Waals surface area contributed by atoms with Gasteiger partial charge in [0.05, 0.1) is 5.71 Å². The van der Waals surface area contributed by atoms with Crippen molar-refractivity contribution in [3.63, 3.8) is 0 Å². The minimum atomic E-state index is -0.305. The minimum Gasteiger partial charge on any atom is -0.455 e. The number of nitrogens with zero attached hydrogens (tertiary/aromatic N) is 3. The van der Waals surface area contributed by atoms with Gasteiger partial charge in [0.25, 0.3) is 11.8 Å². The predicted octanol–water partition coefficient (Wildman–Crippen LogP) is 3.88. The number of hydrogen-bond acceptors (Lipinski definition) is 5. The molecular formula is C24H29ClN4O3. The summed E-state index contributed by atoms with van der Waals surface area (Å²) in [6, 6.07) is 6.86. The zero-order chi connectivity index (χ0) is 22.8. The normalized spacial score (nSPS) is 18.4. The Balaban J connectivity index is 1.53. The van der Waals surface area contributed by atoms with E-state index >= 15 is 0 Å². The first-order valence-corrected chi connectivity index (χ1v) is 11.4. The number of rotatable bonds is 4. The molecule has 1 aliphatic carbocycles. The maximum Gasteiger partial charge on any atom is 0.289 e. The first-order valence-electron chi connectivity index (χ1n) is 11.1. The van der Waals surface area contributed by atoms with E-state index in [0.717, 1.165) is 61.4 Å². The summed E-state index contributed by atoms with van der Waals surface area (Å²) < 4.78 is 6.06. The van der Waals surface area contributed by atoms with Crippen LogP contribution in [-0.4, -0.2) is 60.6 Å². The molecule has 1 aliphatic heterocycles. The van der Waals surface area contributed by atoms with Crippen molar-refractivity contribution in [2.45, 2.75) is 45.1 Å². The fourth-order valence-electron chi connectivity index (χ4n) is 4.48. The maximum absolute atomic E-state index is 13.2. The number of hydrogen-bond donors (Lipinski definition) is 1. The molecule has 1 aromatic carbocycles. The number of nitrogens with one attached hydrogen (secondary N) is 1. The summed E-state index contributed by atoms with van der Waals surface area (Å²) >= 11 is 5.89. The highest BCUT2D eigenvalue weighted by atomic mass is 35.5. The van der Waals surface area contributed by atoms with Crippen molar-refractivity contribution >= 4 is 29.1 Å². The van der Waals surface area contributed by atoms with Crippen molar-refractivity contribution < 1.29 is 14.0 Å². The van der Waals surface area contributed by atoms with Crippen LogP contribution in [-0.2, 0) is 6.42 Å². The molecule has 2 heterocycles. The lowest BCUT2D eigenvalue weighted by molar-refractivity contribution is 0.0625. The largest absolute Gasteiger partial charge is 0.455 e. The van der Waals surface area contributed by atoms with Crippen molar-refractivity contribution in [2.24, 2.45) is 5.10 Å². The standard InChI is InChI=1S/C24H29ClN4O3/c1-15-21-19(26-27-23(30)16-7-9-17(25)10-8-16)5-4-6-20(21)32-22(15)24(31)29(3)18-11-13-28(2)14-12-18/h7-10,18H,4-6,11-14H2,1-3H3,(H,27,30)/b26-19+. The molecule has 1 N–H and O–H groups in total. The Morgan fingerprint density at radius 2 is 1.88 bits per heavy atom. The first-order chi connectivity index (χ1) is 15.3. The van der Waals surface area contributed by atoms with Gasteiger partial charge in [-0.25, -0.2) is 5.43 Å². The molecule has 0 saturated carbocycles. The van der Waals surface area contributed by atoms with Gasteiger partial charge in [-0.1, -0.05) is 11.6 Å². The second-order valence-electron chi connectivity index (χ2n) is 8.66. The number of halogens is 1. The Hall–Kier alpha value is -2.64. The molecule has 7 nitrogen and oxygen atoms in total. The average Bonchev–Trinajstić information content (AvgIpc) is 3.14. The van der Waals surface area contributed by atoms with Crippen molar-refractivity contribution in [2.75, 3.05) is 27.2 Å². The van der Waals surface area contributed by atoms with Crippen molar-refractivity contribution in [3.8, 4) is 0 Å². The molecular weight excluding hydrogens is 428 g/mol. The van der Waals surface area contributed by atoms with Gasteiger partial charge >= 0.3 is 0 Å². The molecule has 2 aliphatic rings. The monoisotopic (exact) mass is 456 g/mol. The predicted molar refractivity (Wildman–Crippen MR) is 124 cm³/mol. The second-order valence-corrected chi connectivity index (χ2v) is 9.10. The van der Waals surface area contributed by atoms with E-state index in [9.17, 15) is 9.59 Å². The second kappa shape index (κ2) is 9.46. The van der Waals surface area contributed by atoms with Gasteiger partial charge in [0.1, 0.15) is 5.76 Å².